The number of nitriles is 1. The van der Waals surface area contributed by atoms with Gasteiger partial charge in [0.1, 0.15) is 6.07 Å². The molecule has 0 radical (unpaired) electrons. The summed E-state index contributed by atoms with van der Waals surface area (Å²) in [5.74, 6) is 0. The van der Waals surface area contributed by atoms with Crippen LogP contribution in [0.25, 0.3) is 10.1 Å². The Kier molecular flexibility index (Phi) is 2.42. The molecule has 2 nitrogen and oxygen atoms in total. The van der Waals surface area contributed by atoms with E-state index in [1.807, 2.05) is 17.5 Å². The normalized spacial score (nSPS) is 10.4. The van der Waals surface area contributed by atoms with E-state index >= 15 is 0 Å². The van der Waals surface area contributed by atoms with E-state index in [9.17, 15) is 0 Å². The number of aliphatic hydroxyl groups is 1. The molecule has 0 bridgehead atoms. The summed E-state index contributed by atoms with van der Waals surface area (Å²) in [5, 5.41) is 21.3. The summed E-state index contributed by atoms with van der Waals surface area (Å²) >= 11 is 7.54. The molecule has 1 N–H and O–H groups in total. The number of hydrogen-bond acceptors (Lipinski definition) is 3. The van der Waals surface area contributed by atoms with Crippen molar-refractivity contribution in [3.05, 3.63) is 33.7 Å². The van der Waals surface area contributed by atoms with Gasteiger partial charge in [0.05, 0.1) is 21.9 Å². The van der Waals surface area contributed by atoms with Crippen LogP contribution in [0.3, 0.4) is 0 Å². The standard InChI is InChI=1S/C10H6ClNOS/c11-9-8(4-12)7(5-13)3-6-1-2-14-10(6)9/h1-3,13H,5H2. The van der Waals surface area contributed by atoms with E-state index in [4.69, 9.17) is 22.0 Å². The van der Waals surface area contributed by atoms with Crippen LogP contribution in [0.5, 0.6) is 0 Å². The zero-order valence-electron chi connectivity index (χ0n) is 7.12. The molecule has 14 heavy (non-hydrogen) atoms. The van der Waals surface area contributed by atoms with E-state index in [2.05, 4.69) is 0 Å². The van der Waals surface area contributed by atoms with Crippen LogP contribution in [-0.2, 0) is 6.61 Å². The summed E-state index contributed by atoms with van der Waals surface area (Å²) in [4.78, 5) is 0. The van der Waals surface area contributed by atoms with Crippen LogP contribution in [0.2, 0.25) is 5.02 Å². The van der Waals surface area contributed by atoms with Crippen LogP contribution in [0, 0.1) is 11.3 Å². The Labute approximate surface area is 90.0 Å². The van der Waals surface area contributed by atoms with E-state index < -0.39 is 0 Å². The van der Waals surface area contributed by atoms with E-state index in [0.29, 0.717) is 16.1 Å². The Morgan fingerprint density at radius 3 is 3.00 bits per heavy atom. The topological polar surface area (TPSA) is 44.0 Å². The number of fused-ring (bicyclic) bond motifs is 1. The Morgan fingerprint density at radius 2 is 2.36 bits per heavy atom. The van der Waals surface area contributed by atoms with Crippen LogP contribution < -0.4 is 0 Å². The predicted octanol–water partition coefficient (Wildman–Crippen LogP) is 2.92. The highest BCUT2D eigenvalue weighted by Gasteiger charge is 2.11. The molecule has 0 unspecified atom stereocenters. The van der Waals surface area contributed by atoms with Crippen molar-refractivity contribution >= 4 is 33.0 Å². The minimum atomic E-state index is -0.158. The van der Waals surface area contributed by atoms with Crippen LogP contribution in [0.15, 0.2) is 17.5 Å². The highest BCUT2D eigenvalue weighted by molar-refractivity contribution is 7.17. The summed E-state index contributed by atoms with van der Waals surface area (Å²) in [5.41, 5.74) is 0.965. The van der Waals surface area contributed by atoms with Crippen molar-refractivity contribution in [3.63, 3.8) is 0 Å². The molecule has 2 aromatic rings. The van der Waals surface area contributed by atoms with E-state index in [1.54, 1.807) is 6.07 Å². The maximum Gasteiger partial charge on any atom is 0.101 e. The van der Waals surface area contributed by atoms with Gasteiger partial charge in [-0.1, -0.05) is 11.6 Å². The van der Waals surface area contributed by atoms with Crippen LogP contribution >= 0.6 is 22.9 Å². The molecule has 0 aliphatic carbocycles. The minimum absolute atomic E-state index is 0.158. The molecular formula is C10H6ClNOS. The molecule has 2 rings (SSSR count). The third-order valence-corrected chi connectivity index (χ3v) is 3.49. The lowest BCUT2D eigenvalue weighted by atomic mass is 10.1. The quantitative estimate of drug-likeness (QED) is 0.808. The SMILES string of the molecule is N#Cc1c(CO)cc2ccsc2c1Cl. The highest BCUT2D eigenvalue weighted by Crippen LogP contribution is 2.33. The second-order valence-corrected chi connectivity index (χ2v) is 4.13. The lowest BCUT2D eigenvalue weighted by Crippen LogP contribution is -1.90. The fraction of sp³-hybridized carbons (Fsp3) is 0.100. The molecule has 0 spiro atoms. The largest absolute Gasteiger partial charge is 0.392 e. The number of halogens is 1. The number of nitrogens with zero attached hydrogens (tertiary/aromatic N) is 1. The van der Waals surface area contributed by atoms with Crippen molar-refractivity contribution in [2.45, 2.75) is 6.61 Å². The average molecular weight is 224 g/mol. The highest BCUT2D eigenvalue weighted by atomic mass is 35.5. The first kappa shape index (κ1) is 9.47. The fourth-order valence-corrected chi connectivity index (χ4v) is 2.60. The molecule has 0 amide bonds. The molecule has 0 fully saturated rings. The monoisotopic (exact) mass is 223 g/mol. The van der Waals surface area contributed by atoms with Crippen molar-refractivity contribution in [1.82, 2.24) is 0 Å². The smallest absolute Gasteiger partial charge is 0.101 e. The number of rotatable bonds is 1. The second kappa shape index (κ2) is 3.58. The summed E-state index contributed by atoms with van der Waals surface area (Å²) in [6.07, 6.45) is 0. The first-order valence-electron chi connectivity index (χ1n) is 3.97. The van der Waals surface area contributed by atoms with Crippen LogP contribution in [0.1, 0.15) is 11.1 Å². The molecule has 70 valence electrons. The molecule has 0 saturated carbocycles. The Hall–Kier alpha value is -1.08. The third-order valence-electron chi connectivity index (χ3n) is 2.05. The van der Waals surface area contributed by atoms with Gasteiger partial charge >= 0.3 is 0 Å². The lowest BCUT2D eigenvalue weighted by molar-refractivity contribution is 0.281. The van der Waals surface area contributed by atoms with Gasteiger partial charge in [0.25, 0.3) is 0 Å². The first-order chi connectivity index (χ1) is 6.77. The van der Waals surface area contributed by atoms with E-state index in [-0.39, 0.29) is 6.61 Å². The van der Waals surface area contributed by atoms with Gasteiger partial charge in [-0.15, -0.1) is 11.3 Å². The number of thiophene rings is 1. The van der Waals surface area contributed by atoms with Crippen LogP contribution in [-0.4, -0.2) is 5.11 Å². The molecule has 0 aliphatic heterocycles. The van der Waals surface area contributed by atoms with Gasteiger partial charge in [-0.05, 0) is 28.5 Å². The number of aliphatic hydroxyl groups excluding tert-OH is 1. The van der Waals surface area contributed by atoms with Gasteiger partial charge in [0.15, 0.2) is 0 Å². The Bertz CT molecular complexity index is 527. The van der Waals surface area contributed by atoms with Gasteiger partial charge < -0.3 is 5.11 Å². The third kappa shape index (κ3) is 1.28. The molecule has 0 aliphatic rings. The van der Waals surface area contributed by atoms with Gasteiger partial charge in [-0.2, -0.15) is 5.26 Å². The average Bonchev–Trinajstić information content (AvgIpc) is 2.65. The van der Waals surface area contributed by atoms with Crippen molar-refractivity contribution in [2.75, 3.05) is 0 Å². The Morgan fingerprint density at radius 1 is 1.57 bits per heavy atom. The molecule has 1 aromatic carbocycles. The van der Waals surface area contributed by atoms with Crippen LogP contribution in [0.4, 0.5) is 0 Å². The minimum Gasteiger partial charge on any atom is -0.392 e. The molecular weight excluding hydrogens is 218 g/mol. The van der Waals surface area contributed by atoms with Gasteiger partial charge in [-0.25, -0.2) is 0 Å². The zero-order chi connectivity index (χ0) is 10.1. The second-order valence-electron chi connectivity index (χ2n) is 2.83. The summed E-state index contributed by atoms with van der Waals surface area (Å²) in [6, 6.07) is 5.74. The molecule has 1 heterocycles. The number of hydrogen-bond donors (Lipinski definition) is 1. The Balaban J connectivity index is 2.88. The predicted molar refractivity (Wildman–Crippen MR) is 57.5 cm³/mol. The molecule has 0 atom stereocenters. The van der Waals surface area contributed by atoms with Gasteiger partial charge in [-0.3, -0.25) is 0 Å². The summed E-state index contributed by atoms with van der Waals surface area (Å²) in [7, 11) is 0. The molecule has 4 heteroatoms. The fourth-order valence-electron chi connectivity index (χ4n) is 1.37. The maximum atomic E-state index is 9.06. The van der Waals surface area contributed by atoms with Crippen molar-refractivity contribution < 1.29 is 5.11 Å². The summed E-state index contributed by atoms with van der Waals surface area (Å²) < 4.78 is 0.903. The van der Waals surface area contributed by atoms with Gasteiger partial charge in [0, 0.05) is 0 Å². The van der Waals surface area contributed by atoms with E-state index in [1.165, 1.54) is 11.3 Å². The molecule has 1 aromatic heterocycles. The van der Waals surface area contributed by atoms with Gasteiger partial charge in [0.2, 0.25) is 0 Å². The van der Waals surface area contributed by atoms with Crippen molar-refractivity contribution in [3.8, 4) is 6.07 Å². The zero-order valence-corrected chi connectivity index (χ0v) is 8.69. The number of benzene rings is 1. The first-order valence-corrected chi connectivity index (χ1v) is 5.23. The summed E-state index contributed by atoms with van der Waals surface area (Å²) in [6.45, 7) is -0.158. The van der Waals surface area contributed by atoms with Crippen molar-refractivity contribution in [2.24, 2.45) is 0 Å². The lowest BCUT2D eigenvalue weighted by Gasteiger charge is -2.03. The van der Waals surface area contributed by atoms with E-state index in [0.717, 1.165) is 10.1 Å². The maximum absolute atomic E-state index is 9.06. The van der Waals surface area contributed by atoms with Crippen molar-refractivity contribution in [1.29, 1.82) is 5.26 Å². The molecule has 0 saturated heterocycles.